The molecule has 0 aromatic heterocycles. The lowest BCUT2D eigenvalue weighted by atomic mass is 9.96. The number of hydrogen-bond donors (Lipinski definition) is 0. The number of likely N-dealkylation sites (tertiary alicyclic amines) is 1. The second-order valence-corrected chi connectivity index (χ2v) is 7.49. The summed E-state index contributed by atoms with van der Waals surface area (Å²) in [6, 6.07) is 12.6. The summed E-state index contributed by atoms with van der Waals surface area (Å²) in [4.78, 5) is 19.6. The van der Waals surface area contributed by atoms with Gasteiger partial charge in [0.05, 0.1) is 12.0 Å². The van der Waals surface area contributed by atoms with E-state index in [2.05, 4.69) is 57.2 Å². The zero-order chi connectivity index (χ0) is 18.9. The number of hydrogen-bond acceptors (Lipinski definition) is 4. The van der Waals surface area contributed by atoms with Gasteiger partial charge in [-0.1, -0.05) is 42.5 Å². The van der Waals surface area contributed by atoms with Crippen LogP contribution in [0.5, 0.6) is 0 Å². The van der Waals surface area contributed by atoms with Gasteiger partial charge in [-0.05, 0) is 24.9 Å². The zero-order valence-electron chi connectivity index (χ0n) is 16.1. The van der Waals surface area contributed by atoms with Gasteiger partial charge < -0.3 is 9.80 Å². The molecule has 1 amide bonds. The van der Waals surface area contributed by atoms with Crippen molar-refractivity contribution in [2.75, 3.05) is 52.4 Å². The van der Waals surface area contributed by atoms with Gasteiger partial charge in [0.1, 0.15) is 0 Å². The monoisotopic (exact) mass is 366 g/mol. The van der Waals surface area contributed by atoms with Gasteiger partial charge in [0.2, 0.25) is 5.91 Å². The number of carbonyl (C=O) groups is 1. The van der Waals surface area contributed by atoms with E-state index in [0.29, 0.717) is 12.3 Å². The highest BCUT2D eigenvalue weighted by Gasteiger charge is 2.30. The molecular weight excluding hydrogens is 336 g/mol. The summed E-state index contributed by atoms with van der Waals surface area (Å²) < 4.78 is 0. The highest BCUT2D eigenvalue weighted by atomic mass is 16.2. The molecule has 0 aliphatic carbocycles. The molecule has 0 bridgehead atoms. The molecule has 2 aliphatic heterocycles. The number of nitriles is 1. The third-order valence-electron chi connectivity index (χ3n) is 5.55. The molecule has 0 saturated carbocycles. The molecule has 1 unspecified atom stereocenters. The van der Waals surface area contributed by atoms with E-state index in [1.807, 2.05) is 6.07 Å². The van der Waals surface area contributed by atoms with Crippen LogP contribution in [0.1, 0.15) is 24.8 Å². The van der Waals surface area contributed by atoms with Crippen molar-refractivity contribution in [3.8, 4) is 6.07 Å². The molecule has 27 heavy (non-hydrogen) atoms. The third-order valence-corrected chi connectivity index (χ3v) is 5.55. The predicted octanol–water partition coefficient (Wildman–Crippen LogP) is 2.47. The van der Waals surface area contributed by atoms with Gasteiger partial charge in [-0.15, -0.1) is 0 Å². The number of carbonyl (C=O) groups excluding carboxylic acids is 1. The van der Waals surface area contributed by atoms with Gasteiger partial charge in [0.15, 0.2) is 0 Å². The summed E-state index contributed by atoms with van der Waals surface area (Å²) in [6.45, 7) is 7.10. The van der Waals surface area contributed by atoms with Crippen LogP contribution in [0.2, 0.25) is 0 Å². The summed E-state index contributed by atoms with van der Waals surface area (Å²) in [7, 11) is 0. The van der Waals surface area contributed by atoms with Crippen LogP contribution in [0.3, 0.4) is 0 Å². The summed E-state index contributed by atoms with van der Waals surface area (Å²) in [5.41, 5.74) is 1.23. The molecule has 2 fully saturated rings. The first-order valence-corrected chi connectivity index (χ1v) is 10.1. The Balaban J connectivity index is 1.41. The summed E-state index contributed by atoms with van der Waals surface area (Å²) in [5, 5.41) is 8.77. The van der Waals surface area contributed by atoms with Gasteiger partial charge in [0, 0.05) is 52.2 Å². The maximum absolute atomic E-state index is 12.9. The second-order valence-electron chi connectivity index (χ2n) is 7.49. The van der Waals surface area contributed by atoms with E-state index < -0.39 is 0 Å². The van der Waals surface area contributed by atoms with Crippen molar-refractivity contribution in [2.24, 2.45) is 5.92 Å². The Morgan fingerprint density at radius 2 is 1.89 bits per heavy atom. The quantitative estimate of drug-likeness (QED) is 0.776. The molecule has 2 heterocycles. The molecule has 2 aliphatic rings. The van der Waals surface area contributed by atoms with Crippen molar-refractivity contribution in [2.45, 2.75) is 19.3 Å². The van der Waals surface area contributed by atoms with E-state index in [0.717, 1.165) is 65.2 Å². The molecule has 1 atom stereocenters. The number of nitrogens with zero attached hydrogens (tertiary/aromatic N) is 4. The molecule has 0 N–H and O–H groups in total. The highest BCUT2D eigenvalue weighted by molar-refractivity contribution is 5.79. The van der Waals surface area contributed by atoms with E-state index in [1.54, 1.807) is 0 Å². The van der Waals surface area contributed by atoms with Crippen LogP contribution in [-0.2, 0) is 4.79 Å². The maximum atomic E-state index is 12.9. The zero-order valence-corrected chi connectivity index (χ0v) is 16.1. The first kappa shape index (κ1) is 19.6. The van der Waals surface area contributed by atoms with Crippen molar-refractivity contribution < 1.29 is 4.79 Å². The van der Waals surface area contributed by atoms with Gasteiger partial charge in [-0.25, -0.2) is 0 Å². The van der Waals surface area contributed by atoms with Gasteiger partial charge in [-0.2, -0.15) is 5.26 Å². The van der Waals surface area contributed by atoms with Crippen molar-refractivity contribution >= 4 is 12.0 Å². The summed E-state index contributed by atoms with van der Waals surface area (Å²) in [6.07, 6.45) is 6.97. The lowest BCUT2D eigenvalue weighted by Gasteiger charge is -2.38. The first-order valence-electron chi connectivity index (χ1n) is 10.1. The van der Waals surface area contributed by atoms with E-state index in [1.165, 1.54) is 5.56 Å². The minimum atomic E-state index is 0.113. The standard InChI is InChI=1S/C22H30N4O/c23-11-6-14-25-13-5-10-21(19-25)22(27)26-17-15-24(16-18-26)12-4-9-20-7-2-1-3-8-20/h1-4,7-9,21H,5-6,10,12-19H2/b9-4+. The molecule has 5 heteroatoms. The van der Waals surface area contributed by atoms with Crippen molar-refractivity contribution in [1.82, 2.24) is 14.7 Å². The molecule has 2 saturated heterocycles. The number of piperidine rings is 1. The molecule has 5 nitrogen and oxygen atoms in total. The van der Waals surface area contributed by atoms with Crippen LogP contribution in [-0.4, -0.2) is 73.0 Å². The number of piperazine rings is 1. The van der Waals surface area contributed by atoms with Crippen LogP contribution >= 0.6 is 0 Å². The SMILES string of the molecule is N#CCCN1CCCC(C(=O)N2CCN(C/C=C/c3ccccc3)CC2)C1. The largest absolute Gasteiger partial charge is 0.340 e. The number of benzene rings is 1. The Labute approximate surface area is 162 Å². The van der Waals surface area contributed by atoms with Gasteiger partial charge in [-0.3, -0.25) is 9.69 Å². The summed E-state index contributed by atoms with van der Waals surface area (Å²) in [5.74, 6) is 0.429. The fourth-order valence-electron chi connectivity index (χ4n) is 3.98. The molecule has 3 rings (SSSR count). The van der Waals surface area contributed by atoms with Crippen molar-refractivity contribution in [1.29, 1.82) is 5.26 Å². The minimum absolute atomic E-state index is 0.113. The average molecular weight is 367 g/mol. The Morgan fingerprint density at radius 3 is 2.63 bits per heavy atom. The Bertz CT molecular complexity index is 659. The molecule has 1 aromatic rings. The molecule has 144 valence electrons. The minimum Gasteiger partial charge on any atom is -0.340 e. The molecule has 0 radical (unpaired) electrons. The molecule has 0 spiro atoms. The van der Waals surface area contributed by atoms with Crippen LogP contribution in [0.15, 0.2) is 36.4 Å². The molecular formula is C22H30N4O. The fraction of sp³-hybridized carbons (Fsp3) is 0.545. The predicted molar refractivity (Wildman–Crippen MR) is 108 cm³/mol. The second kappa shape index (κ2) is 10.2. The maximum Gasteiger partial charge on any atom is 0.227 e. The van der Waals surface area contributed by atoms with Crippen LogP contribution in [0, 0.1) is 17.2 Å². The van der Waals surface area contributed by atoms with E-state index in [-0.39, 0.29) is 5.92 Å². The van der Waals surface area contributed by atoms with Crippen molar-refractivity contribution in [3.63, 3.8) is 0 Å². The van der Waals surface area contributed by atoms with E-state index >= 15 is 0 Å². The Hall–Kier alpha value is -2.16. The van der Waals surface area contributed by atoms with Crippen LogP contribution in [0.25, 0.3) is 6.08 Å². The van der Waals surface area contributed by atoms with Crippen LogP contribution in [0.4, 0.5) is 0 Å². The third kappa shape index (κ3) is 5.92. The Kier molecular flexibility index (Phi) is 7.44. The topological polar surface area (TPSA) is 50.6 Å². The van der Waals surface area contributed by atoms with Gasteiger partial charge >= 0.3 is 0 Å². The lowest BCUT2D eigenvalue weighted by Crippen LogP contribution is -2.52. The van der Waals surface area contributed by atoms with Crippen molar-refractivity contribution in [3.05, 3.63) is 42.0 Å². The fourth-order valence-corrected chi connectivity index (χ4v) is 3.98. The number of rotatable bonds is 6. The first-order chi connectivity index (χ1) is 13.3. The number of amides is 1. The smallest absolute Gasteiger partial charge is 0.227 e. The molecule has 1 aromatic carbocycles. The lowest BCUT2D eigenvalue weighted by molar-refractivity contribution is -0.139. The van der Waals surface area contributed by atoms with E-state index in [9.17, 15) is 4.79 Å². The highest BCUT2D eigenvalue weighted by Crippen LogP contribution is 2.20. The average Bonchev–Trinajstić information content (AvgIpc) is 2.73. The van der Waals surface area contributed by atoms with E-state index in [4.69, 9.17) is 5.26 Å². The normalized spacial score (nSPS) is 22.0. The Morgan fingerprint density at radius 1 is 1.11 bits per heavy atom. The summed E-state index contributed by atoms with van der Waals surface area (Å²) >= 11 is 0. The van der Waals surface area contributed by atoms with Gasteiger partial charge in [0.25, 0.3) is 0 Å². The van der Waals surface area contributed by atoms with Crippen LogP contribution < -0.4 is 0 Å².